The highest BCUT2D eigenvalue weighted by Gasteiger charge is 2.34. The summed E-state index contributed by atoms with van der Waals surface area (Å²) in [5, 5.41) is 0. The van der Waals surface area contributed by atoms with Gasteiger partial charge < -0.3 is 10.5 Å². The van der Waals surface area contributed by atoms with Gasteiger partial charge in [-0.05, 0) is 18.5 Å². The molecule has 0 aliphatic carbocycles. The lowest BCUT2D eigenvalue weighted by Crippen LogP contribution is -2.20. The van der Waals surface area contributed by atoms with Crippen LogP contribution in [-0.4, -0.2) is 16.6 Å². The molecule has 0 unspecified atom stereocenters. The summed E-state index contributed by atoms with van der Waals surface area (Å²) in [7, 11) is 0. The molecule has 0 radical (unpaired) electrons. The van der Waals surface area contributed by atoms with Crippen LogP contribution in [0.2, 0.25) is 0 Å². The molecule has 78 valence electrons. The van der Waals surface area contributed by atoms with Crippen LogP contribution in [-0.2, 0) is 0 Å². The Morgan fingerprint density at radius 2 is 2.14 bits per heavy atom. The first kappa shape index (κ1) is 10.8. The molecule has 0 saturated carbocycles. The van der Waals surface area contributed by atoms with Crippen LogP contribution in [0.25, 0.3) is 0 Å². The number of carbonyl (C=O) groups excluding carboxylic acids is 1. The summed E-state index contributed by atoms with van der Waals surface area (Å²) in [5.74, 6) is -1.66. The van der Waals surface area contributed by atoms with Crippen LogP contribution < -0.4 is 10.5 Å². The number of primary amides is 1. The second-order valence-corrected chi connectivity index (χ2v) is 3.31. The Balaban J connectivity index is 3.06. The average Bonchev–Trinajstić information content (AvgIpc) is 2.29. The lowest BCUT2D eigenvalue weighted by atomic mass is 10.3. The molecule has 1 heterocycles. The van der Waals surface area contributed by atoms with E-state index in [1.807, 2.05) is 0 Å². The van der Waals surface area contributed by atoms with Gasteiger partial charge in [-0.25, -0.2) is 0 Å². The highest BCUT2D eigenvalue weighted by molar-refractivity contribution is 7.06. The first-order chi connectivity index (χ1) is 6.31. The Morgan fingerprint density at radius 3 is 2.57 bits per heavy atom. The van der Waals surface area contributed by atoms with Crippen molar-refractivity contribution in [3.63, 3.8) is 0 Å². The van der Waals surface area contributed by atoms with Crippen molar-refractivity contribution < 1.29 is 22.7 Å². The number of hydrogen-bond donors (Lipinski definition) is 1. The molecule has 8 heteroatoms. The van der Waals surface area contributed by atoms with Crippen molar-refractivity contribution >= 4 is 17.4 Å². The SMILES string of the molecule is Cc1snc(C(N)=O)c1OC(F)(F)F. The van der Waals surface area contributed by atoms with Gasteiger partial charge in [-0.3, -0.25) is 4.79 Å². The number of rotatable bonds is 2. The highest BCUT2D eigenvalue weighted by atomic mass is 32.1. The van der Waals surface area contributed by atoms with Gasteiger partial charge in [-0.2, -0.15) is 4.37 Å². The van der Waals surface area contributed by atoms with Crippen LogP contribution in [0.1, 0.15) is 15.4 Å². The number of hydrogen-bond acceptors (Lipinski definition) is 4. The quantitative estimate of drug-likeness (QED) is 0.829. The highest BCUT2D eigenvalue weighted by Crippen LogP contribution is 2.31. The summed E-state index contributed by atoms with van der Waals surface area (Å²) < 4.78 is 42.6. The van der Waals surface area contributed by atoms with E-state index in [2.05, 4.69) is 9.11 Å². The van der Waals surface area contributed by atoms with Gasteiger partial charge in [-0.15, -0.1) is 13.2 Å². The third-order valence-electron chi connectivity index (χ3n) is 1.26. The molecule has 1 rings (SSSR count). The molecular weight excluding hydrogens is 221 g/mol. The van der Waals surface area contributed by atoms with Crippen LogP contribution in [0.3, 0.4) is 0 Å². The monoisotopic (exact) mass is 226 g/mol. The first-order valence-corrected chi connectivity index (χ1v) is 4.10. The maximum Gasteiger partial charge on any atom is 0.573 e. The normalized spacial score (nSPS) is 11.4. The number of nitrogens with zero attached hydrogens (tertiary/aromatic N) is 1. The number of ether oxygens (including phenoxy) is 1. The lowest BCUT2D eigenvalue weighted by molar-refractivity contribution is -0.274. The summed E-state index contributed by atoms with van der Waals surface area (Å²) in [6, 6.07) is 0. The van der Waals surface area contributed by atoms with Gasteiger partial charge in [0, 0.05) is 0 Å². The molecule has 0 aliphatic rings. The van der Waals surface area contributed by atoms with Gasteiger partial charge in [0.25, 0.3) is 5.91 Å². The Bertz CT molecular complexity index is 360. The second-order valence-electron chi connectivity index (χ2n) is 2.33. The van der Waals surface area contributed by atoms with E-state index in [0.717, 1.165) is 11.5 Å². The molecule has 0 spiro atoms. The minimum Gasteiger partial charge on any atom is -0.402 e. The zero-order valence-electron chi connectivity index (χ0n) is 6.88. The van der Waals surface area contributed by atoms with Crippen molar-refractivity contribution in [1.29, 1.82) is 0 Å². The van der Waals surface area contributed by atoms with Gasteiger partial charge >= 0.3 is 6.36 Å². The van der Waals surface area contributed by atoms with E-state index in [0.29, 0.717) is 0 Å². The van der Waals surface area contributed by atoms with Crippen molar-refractivity contribution in [3.05, 3.63) is 10.6 Å². The van der Waals surface area contributed by atoms with E-state index in [1.165, 1.54) is 6.92 Å². The van der Waals surface area contributed by atoms with E-state index in [1.54, 1.807) is 0 Å². The van der Waals surface area contributed by atoms with Crippen LogP contribution in [0, 0.1) is 6.92 Å². The predicted octanol–water partition coefficient (Wildman–Crippen LogP) is 1.45. The minimum atomic E-state index is -4.85. The molecule has 4 nitrogen and oxygen atoms in total. The molecule has 0 bridgehead atoms. The zero-order valence-corrected chi connectivity index (χ0v) is 7.70. The summed E-state index contributed by atoms with van der Waals surface area (Å²) in [6.07, 6.45) is -4.85. The summed E-state index contributed by atoms with van der Waals surface area (Å²) >= 11 is 0.724. The summed E-state index contributed by atoms with van der Waals surface area (Å²) in [5.41, 5.74) is 4.31. The molecule has 1 aromatic rings. The van der Waals surface area contributed by atoms with Gasteiger partial charge in [0.05, 0.1) is 4.88 Å². The lowest BCUT2D eigenvalue weighted by Gasteiger charge is -2.08. The first-order valence-electron chi connectivity index (χ1n) is 3.33. The fraction of sp³-hybridized carbons (Fsp3) is 0.333. The van der Waals surface area contributed by atoms with E-state index in [-0.39, 0.29) is 4.88 Å². The largest absolute Gasteiger partial charge is 0.573 e. The summed E-state index contributed by atoms with van der Waals surface area (Å²) in [4.78, 5) is 10.8. The average molecular weight is 226 g/mol. The molecule has 2 N–H and O–H groups in total. The number of nitrogens with two attached hydrogens (primary N) is 1. The smallest absolute Gasteiger partial charge is 0.402 e. The maximum atomic E-state index is 11.8. The number of carbonyl (C=O) groups is 1. The molecule has 0 saturated heterocycles. The van der Waals surface area contributed by atoms with Gasteiger partial charge in [0.1, 0.15) is 0 Å². The zero-order chi connectivity index (χ0) is 10.9. The van der Waals surface area contributed by atoms with Crippen LogP contribution >= 0.6 is 11.5 Å². The van der Waals surface area contributed by atoms with Gasteiger partial charge in [-0.1, -0.05) is 0 Å². The van der Waals surface area contributed by atoms with E-state index in [4.69, 9.17) is 5.73 Å². The molecule has 0 aromatic carbocycles. The Labute approximate surface area is 80.6 Å². The standard InChI is InChI=1S/C6H5F3N2O2S/c1-2-4(13-6(7,8)9)3(5(10)12)11-14-2/h1H3,(H2,10,12). The van der Waals surface area contributed by atoms with Gasteiger partial charge in [0.2, 0.25) is 0 Å². The van der Waals surface area contributed by atoms with E-state index in [9.17, 15) is 18.0 Å². The number of aromatic nitrogens is 1. The fourth-order valence-corrected chi connectivity index (χ4v) is 1.38. The molecule has 1 amide bonds. The van der Waals surface area contributed by atoms with Crippen molar-refractivity contribution in [2.45, 2.75) is 13.3 Å². The third kappa shape index (κ3) is 2.34. The van der Waals surface area contributed by atoms with Gasteiger partial charge in [0.15, 0.2) is 11.4 Å². The molecule has 1 aromatic heterocycles. The van der Waals surface area contributed by atoms with Crippen molar-refractivity contribution in [1.82, 2.24) is 4.37 Å². The third-order valence-corrected chi connectivity index (χ3v) is 1.99. The Morgan fingerprint density at radius 1 is 1.57 bits per heavy atom. The van der Waals surface area contributed by atoms with Crippen molar-refractivity contribution in [2.24, 2.45) is 5.73 Å². The Kier molecular flexibility index (Phi) is 2.65. The number of aryl methyl sites for hydroxylation is 1. The predicted molar refractivity (Wildman–Crippen MR) is 42.1 cm³/mol. The Hall–Kier alpha value is -1.31. The van der Waals surface area contributed by atoms with Crippen LogP contribution in [0.15, 0.2) is 0 Å². The maximum absolute atomic E-state index is 11.8. The molecular formula is C6H5F3N2O2S. The van der Waals surface area contributed by atoms with Crippen LogP contribution in [0.5, 0.6) is 5.75 Å². The van der Waals surface area contributed by atoms with E-state index >= 15 is 0 Å². The molecule has 0 atom stereocenters. The summed E-state index contributed by atoms with van der Waals surface area (Å²) in [6.45, 7) is 1.35. The van der Waals surface area contributed by atoms with Crippen molar-refractivity contribution in [2.75, 3.05) is 0 Å². The topological polar surface area (TPSA) is 65.2 Å². The van der Waals surface area contributed by atoms with E-state index < -0.39 is 23.7 Å². The van der Waals surface area contributed by atoms with Crippen molar-refractivity contribution in [3.8, 4) is 5.75 Å². The number of amides is 1. The molecule has 14 heavy (non-hydrogen) atoms. The van der Waals surface area contributed by atoms with Crippen LogP contribution in [0.4, 0.5) is 13.2 Å². The number of alkyl halides is 3. The number of halogens is 3. The fourth-order valence-electron chi connectivity index (χ4n) is 0.757. The molecule has 0 fully saturated rings. The minimum absolute atomic E-state index is 0.149. The molecule has 0 aliphatic heterocycles. The second kappa shape index (κ2) is 3.45.